The number of esters is 1. The van der Waals surface area contributed by atoms with Crippen molar-refractivity contribution in [1.82, 2.24) is 15.2 Å². The molecule has 0 aliphatic carbocycles. The molecule has 0 N–H and O–H groups in total. The smallest absolute Gasteiger partial charge is 0.338 e. The third-order valence-electron chi connectivity index (χ3n) is 4.62. The maximum Gasteiger partial charge on any atom is 0.338 e. The van der Waals surface area contributed by atoms with E-state index in [-0.39, 0.29) is 12.1 Å². The summed E-state index contributed by atoms with van der Waals surface area (Å²) >= 11 is 7.31. The molecule has 0 atom stereocenters. The van der Waals surface area contributed by atoms with Crippen molar-refractivity contribution in [3.8, 4) is 5.75 Å². The van der Waals surface area contributed by atoms with Crippen LogP contribution in [0.5, 0.6) is 5.75 Å². The summed E-state index contributed by atoms with van der Waals surface area (Å²) in [6, 6.07) is 10.5. The molecule has 1 aliphatic heterocycles. The summed E-state index contributed by atoms with van der Waals surface area (Å²) in [5.41, 5.74) is 3.16. The lowest BCUT2D eigenvalue weighted by Gasteiger charge is -2.32. The number of nitrogens with zero attached hydrogens (tertiary/aromatic N) is 4. The van der Waals surface area contributed by atoms with Crippen molar-refractivity contribution in [3.63, 3.8) is 0 Å². The van der Waals surface area contributed by atoms with Crippen LogP contribution in [0.1, 0.15) is 28.9 Å². The first-order valence-corrected chi connectivity index (χ1v) is 10.5. The Balaban J connectivity index is 1.25. The number of aromatic nitrogens is 3. The van der Waals surface area contributed by atoms with E-state index in [4.69, 9.17) is 21.1 Å². The summed E-state index contributed by atoms with van der Waals surface area (Å²) in [6.07, 6.45) is 1.37. The zero-order chi connectivity index (χ0) is 20.1. The molecule has 0 saturated carbocycles. The lowest BCUT2D eigenvalue weighted by Crippen LogP contribution is -2.38. The van der Waals surface area contributed by atoms with Crippen molar-refractivity contribution in [3.05, 3.63) is 63.7 Å². The van der Waals surface area contributed by atoms with Gasteiger partial charge in [0.1, 0.15) is 18.5 Å². The number of carbonyl (C=O) groups is 1. The lowest BCUT2D eigenvalue weighted by atomic mass is 10.1. The molecule has 1 aromatic carbocycles. The maximum absolute atomic E-state index is 12.4. The van der Waals surface area contributed by atoms with E-state index < -0.39 is 0 Å². The van der Waals surface area contributed by atoms with Gasteiger partial charge in [0.25, 0.3) is 0 Å². The van der Waals surface area contributed by atoms with Gasteiger partial charge in [-0.25, -0.2) is 9.78 Å². The number of carbonyl (C=O) groups excluding carboxylic acids is 1. The van der Waals surface area contributed by atoms with Crippen LogP contribution < -0.4 is 9.64 Å². The molecule has 4 rings (SSSR count). The Bertz CT molecular complexity index is 927. The first-order chi connectivity index (χ1) is 14.2. The molecule has 1 saturated heterocycles. The number of thiazole rings is 1. The van der Waals surface area contributed by atoms with Crippen LogP contribution in [0.25, 0.3) is 0 Å². The fourth-order valence-electron chi connectivity index (χ4n) is 3.05. The van der Waals surface area contributed by atoms with E-state index in [1.54, 1.807) is 35.8 Å². The lowest BCUT2D eigenvalue weighted by molar-refractivity contribution is 0.0244. The Morgan fingerprint density at radius 3 is 2.59 bits per heavy atom. The van der Waals surface area contributed by atoms with Crippen LogP contribution in [0.2, 0.25) is 5.15 Å². The van der Waals surface area contributed by atoms with Gasteiger partial charge < -0.3 is 14.4 Å². The van der Waals surface area contributed by atoms with Gasteiger partial charge in [0.05, 0.1) is 16.8 Å². The van der Waals surface area contributed by atoms with Crippen molar-refractivity contribution in [2.24, 2.45) is 0 Å². The highest BCUT2D eigenvalue weighted by Crippen LogP contribution is 2.21. The molecular formula is C20H19ClN4O3S. The number of piperidine rings is 1. The molecule has 3 heterocycles. The molecule has 7 nitrogen and oxygen atoms in total. The number of anilines is 1. The Hall–Kier alpha value is -2.71. The largest absolute Gasteiger partial charge is 0.487 e. The van der Waals surface area contributed by atoms with Crippen LogP contribution in [-0.4, -0.2) is 40.3 Å². The summed E-state index contributed by atoms with van der Waals surface area (Å²) in [5.74, 6) is 1.15. The number of benzene rings is 1. The van der Waals surface area contributed by atoms with Gasteiger partial charge in [-0.15, -0.1) is 21.5 Å². The van der Waals surface area contributed by atoms with E-state index >= 15 is 0 Å². The summed E-state index contributed by atoms with van der Waals surface area (Å²) in [6.45, 7) is 1.90. The van der Waals surface area contributed by atoms with Crippen molar-refractivity contribution in [2.75, 3.05) is 18.0 Å². The van der Waals surface area contributed by atoms with Gasteiger partial charge in [0.2, 0.25) is 0 Å². The fraction of sp³-hybridized carbons (Fsp3) is 0.300. The Labute approximate surface area is 177 Å². The van der Waals surface area contributed by atoms with Crippen molar-refractivity contribution in [1.29, 1.82) is 0 Å². The molecule has 0 unspecified atom stereocenters. The van der Waals surface area contributed by atoms with Gasteiger partial charge in [-0.3, -0.25) is 0 Å². The van der Waals surface area contributed by atoms with Crippen LogP contribution in [0.15, 0.2) is 47.3 Å². The first-order valence-electron chi connectivity index (χ1n) is 9.22. The standard InChI is InChI=1S/C20H19ClN4O3S/c21-18-5-6-19(24-23-18)25-9-7-17(8-10-25)28-20(26)14-1-3-16(4-2-14)27-11-15-12-29-13-22-15/h1-6,12-13,17H,7-11H2. The Morgan fingerprint density at radius 1 is 1.14 bits per heavy atom. The fourth-order valence-corrected chi connectivity index (χ4v) is 3.70. The van der Waals surface area contributed by atoms with Gasteiger partial charge in [-0.05, 0) is 36.4 Å². The van der Waals surface area contributed by atoms with Gasteiger partial charge in [-0.2, -0.15) is 0 Å². The van der Waals surface area contributed by atoms with Crippen molar-refractivity contribution in [2.45, 2.75) is 25.6 Å². The van der Waals surface area contributed by atoms with Crippen LogP contribution in [-0.2, 0) is 11.3 Å². The van der Waals surface area contributed by atoms with E-state index in [0.717, 1.165) is 37.4 Å². The minimum Gasteiger partial charge on any atom is -0.487 e. The molecule has 0 spiro atoms. The molecule has 0 bridgehead atoms. The molecule has 1 fully saturated rings. The molecule has 29 heavy (non-hydrogen) atoms. The number of rotatable bonds is 6. The van der Waals surface area contributed by atoms with Gasteiger partial charge >= 0.3 is 5.97 Å². The summed E-state index contributed by atoms with van der Waals surface area (Å²) in [4.78, 5) is 18.7. The van der Waals surface area contributed by atoms with Crippen LogP contribution in [0.3, 0.4) is 0 Å². The molecular weight excluding hydrogens is 412 g/mol. The van der Waals surface area contributed by atoms with Gasteiger partial charge in [0.15, 0.2) is 11.0 Å². The SMILES string of the molecule is O=C(OC1CCN(c2ccc(Cl)nn2)CC1)c1ccc(OCc2cscn2)cc1. The minimum atomic E-state index is -0.319. The van der Waals surface area contributed by atoms with E-state index in [0.29, 0.717) is 23.1 Å². The Kier molecular flexibility index (Phi) is 6.21. The zero-order valence-corrected chi connectivity index (χ0v) is 17.1. The highest BCUT2D eigenvalue weighted by Gasteiger charge is 2.24. The highest BCUT2D eigenvalue weighted by atomic mass is 35.5. The van der Waals surface area contributed by atoms with Crippen LogP contribution in [0, 0.1) is 0 Å². The first kappa shape index (κ1) is 19.6. The molecule has 9 heteroatoms. The number of hydrogen-bond acceptors (Lipinski definition) is 8. The van der Waals surface area contributed by atoms with E-state index in [1.807, 2.05) is 11.4 Å². The maximum atomic E-state index is 12.4. The molecule has 1 aliphatic rings. The van der Waals surface area contributed by atoms with Gasteiger partial charge in [0, 0.05) is 31.3 Å². The summed E-state index contributed by atoms with van der Waals surface area (Å²) in [7, 11) is 0. The highest BCUT2D eigenvalue weighted by molar-refractivity contribution is 7.07. The monoisotopic (exact) mass is 430 g/mol. The number of hydrogen-bond donors (Lipinski definition) is 0. The summed E-state index contributed by atoms with van der Waals surface area (Å²) in [5, 5.41) is 10.3. The molecule has 150 valence electrons. The molecule has 0 amide bonds. The quantitative estimate of drug-likeness (QED) is 0.547. The summed E-state index contributed by atoms with van der Waals surface area (Å²) < 4.78 is 11.3. The number of ether oxygens (including phenoxy) is 2. The third kappa shape index (κ3) is 5.21. The zero-order valence-electron chi connectivity index (χ0n) is 15.5. The normalized spacial score (nSPS) is 14.6. The van der Waals surface area contributed by atoms with Crippen molar-refractivity contribution >= 4 is 34.7 Å². The minimum absolute atomic E-state index is 0.111. The average Bonchev–Trinajstić information content (AvgIpc) is 3.27. The predicted molar refractivity (Wildman–Crippen MR) is 111 cm³/mol. The number of halogens is 1. The average molecular weight is 431 g/mol. The van der Waals surface area contributed by atoms with E-state index in [2.05, 4.69) is 20.1 Å². The topological polar surface area (TPSA) is 77.4 Å². The third-order valence-corrected chi connectivity index (χ3v) is 5.45. The second-order valence-corrected chi connectivity index (χ2v) is 7.70. The Morgan fingerprint density at radius 2 is 1.93 bits per heavy atom. The van der Waals surface area contributed by atoms with Crippen molar-refractivity contribution < 1.29 is 14.3 Å². The molecule has 3 aromatic rings. The second-order valence-electron chi connectivity index (χ2n) is 6.60. The van der Waals surface area contributed by atoms with Gasteiger partial charge in [-0.1, -0.05) is 11.6 Å². The predicted octanol–water partition coefficient (Wildman–Crippen LogP) is 3.99. The molecule has 2 aromatic heterocycles. The van der Waals surface area contributed by atoms with E-state index in [9.17, 15) is 4.79 Å². The van der Waals surface area contributed by atoms with E-state index in [1.165, 1.54) is 11.3 Å². The second kappa shape index (κ2) is 9.19. The molecule has 0 radical (unpaired) electrons. The van der Waals surface area contributed by atoms with Crippen LogP contribution >= 0.6 is 22.9 Å². The van der Waals surface area contributed by atoms with Crippen LogP contribution in [0.4, 0.5) is 5.82 Å².